The van der Waals surface area contributed by atoms with Gasteiger partial charge in [-0.1, -0.05) is 22.9 Å². The zero-order valence-electron chi connectivity index (χ0n) is 11.9. The highest BCUT2D eigenvalue weighted by molar-refractivity contribution is 9.10. The van der Waals surface area contributed by atoms with Crippen LogP contribution in [0.3, 0.4) is 0 Å². The van der Waals surface area contributed by atoms with E-state index in [9.17, 15) is 5.11 Å². The molecular formula is C16H17Br2NO2. The molecule has 2 rings (SSSR count). The van der Waals surface area contributed by atoms with Crippen molar-refractivity contribution in [3.63, 3.8) is 0 Å². The minimum absolute atomic E-state index is 0.0304. The lowest BCUT2D eigenvalue weighted by atomic mass is 10.0. The third kappa shape index (κ3) is 3.92. The van der Waals surface area contributed by atoms with Gasteiger partial charge in [0.15, 0.2) is 0 Å². The molecule has 2 aromatic rings. The molecule has 21 heavy (non-hydrogen) atoms. The third-order valence-corrected chi connectivity index (χ3v) is 4.38. The second-order valence-electron chi connectivity index (χ2n) is 4.66. The molecule has 1 atom stereocenters. The fourth-order valence-corrected chi connectivity index (χ4v) is 3.08. The molecule has 0 saturated carbocycles. The Morgan fingerprint density at radius 1 is 1.19 bits per heavy atom. The molecule has 0 bridgehead atoms. The summed E-state index contributed by atoms with van der Waals surface area (Å²) in [7, 11) is 1.64. The molecule has 2 aromatic carbocycles. The van der Waals surface area contributed by atoms with Crippen LogP contribution in [-0.2, 0) is 0 Å². The first-order valence-corrected chi connectivity index (χ1v) is 8.22. The molecule has 0 saturated heterocycles. The van der Waals surface area contributed by atoms with Crippen molar-refractivity contribution in [2.75, 3.05) is 12.4 Å². The number of phenolic OH excluding ortho intramolecular Hbond substituents is 1. The second kappa shape index (κ2) is 7.18. The van der Waals surface area contributed by atoms with Gasteiger partial charge in [0.25, 0.3) is 0 Å². The molecule has 1 unspecified atom stereocenters. The maximum Gasteiger partial charge on any atom is 0.133 e. The number of aromatic hydroxyl groups is 1. The molecule has 0 amide bonds. The Bertz CT molecular complexity index is 632. The summed E-state index contributed by atoms with van der Waals surface area (Å²) in [6.45, 7) is 2.08. The number of methoxy groups -OCH3 is 1. The van der Waals surface area contributed by atoms with Crippen molar-refractivity contribution in [3.8, 4) is 11.5 Å². The monoisotopic (exact) mass is 413 g/mol. The van der Waals surface area contributed by atoms with E-state index in [2.05, 4.69) is 44.1 Å². The fourth-order valence-electron chi connectivity index (χ4n) is 2.16. The highest BCUT2D eigenvalue weighted by atomic mass is 79.9. The van der Waals surface area contributed by atoms with E-state index in [4.69, 9.17) is 4.74 Å². The van der Waals surface area contributed by atoms with Crippen molar-refractivity contribution in [2.24, 2.45) is 0 Å². The lowest BCUT2D eigenvalue weighted by Gasteiger charge is -2.20. The van der Waals surface area contributed by atoms with Gasteiger partial charge in [0, 0.05) is 15.7 Å². The maximum absolute atomic E-state index is 10.1. The fraction of sp³-hybridized carbons (Fsp3) is 0.250. The van der Waals surface area contributed by atoms with Crippen LogP contribution in [0.5, 0.6) is 11.5 Å². The van der Waals surface area contributed by atoms with Crippen molar-refractivity contribution in [1.82, 2.24) is 0 Å². The van der Waals surface area contributed by atoms with E-state index < -0.39 is 0 Å². The quantitative estimate of drug-likeness (QED) is 0.679. The van der Waals surface area contributed by atoms with E-state index in [1.807, 2.05) is 30.3 Å². The number of phenols is 1. The normalized spacial score (nSPS) is 12.0. The number of benzene rings is 2. The number of rotatable bonds is 5. The molecule has 0 aliphatic rings. The molecule has 2 N–H and O–H groups in total. The van der Waals surface area contributed by atoms with Gasteiger partial charge in [-0.15, -0.1) is 0 Å². The number of halogens is 2. The maximum atomic E-state index is 10.1. The lowest BCUT2D eigenvalue weighted by Crippen LogP contribution is -2.10. The van der Waals surface area contributed by atoms with Gasteiger partial charge in [-0.2, -0.15) is 0 Å². The molecule has 0 radical (unpaired) electrons. The molecule has 5 heteroatoms. The first-order chi connectivity index (χ1) is 10.0. The zero-order valence-corrected chi connectivity index (χ0v) is 15.0. The third-order valence-electron chi connectivity index (χ3n) is 3.27. The van der Waals surface area contributed by atoms with Gasteiger partial charge in [0.05, 0.1) is 17.6 Å². The summed E-state index contributed by atoms with van der Waals surface area (Å²) in [5.41, 5.74) is 1.84. The number of anilines is 1. The van der Waals surface area contributed by atoms with Gasteiger partial charge in [-0.3, -0.25) is 0 Å². The van der Waals surface area contributed by atoms with Crippen molar-refractivity contribution in [3.05, 3.63) is 50.9 Å². The summed E-state index contributed by atoms with van der Waals surface area (Å²) in [5, 5.41) is 13.5. The Hall–Kier alpha value is -1.20. The molecule has 0 fully saturated rings. The Kier molecular flexibility index (Phi) is 5.53. The van der Waals surface area contributed by atoms with Crippen LogP contribution in [0.2, 0.25) is 0 Å². The van der Waals surface area contributed by atoms with Crippen molar-refractivity contribution in [1.29, 1.82) is 0 Å². The molecule has 0 heterocycles. The first kappa shape index (κ1) is 16.2. The Labute approximate surface area is 141 Å². The topological polar surface area (TPSA) is 41.5 Å². The lowest BCUT2D eigenvalue weighted by molar-refractivity contribution is 0.412. The minimum atomic E-state index is 0.0304. The molecule has 0 spiro atoms. The van der Waals surface area contributed by atoms with Crippen molar-refractivity contribution < 1.29 is 9.84 Å². The smallest absolute Gasteiger partial charge is 0.133 e. The predicted molar refractivity (Wildman–Crippen MR) is 93.2 cm³/mol. The molecule has 0 aromatic heterocycles. The van der Waals surface area contributed by atoms with E-state index in [-0.39, 0.29) is 6.04 Å². The highest BCUT2D eigenvalue weighted by Gasteiger charge is 2.14. The number of nitrogens with one attached hydrogen (secondary N) is 1. The Balaban J connectivity index is 2.26. The average molecular weight is 415 g/mol. The average Bonchev–Trinajstić information content (AvgIpc) is 2.47. The van der Waals surface area contributed by atoms with Crippen molar-refractivity contribution >= 4 is 37.5 Å². The molecule has 3 nitrogen and oxygen atoms in total. The van der Waals surface area contributed by atoms with Gasteiger partial charge in [-0.25, -0.2) is 0 Å². The number of hydrogen-bond donors (Lipinski definition) is 2. The van der Waals surface area contributed by atoms with E-state index >= 15 is 0 Å². The van der Waals surface area contributed by atoms with Crippen LogP contribution in [0.1, 0.15) is 24.9 Å². The number of ether oxygens (including phenoxy) is 1. The van der Waals surface area contributed by atoms with Gasteiger partial charge in [0.1, 0.15) is 11.5 Å². The zero-order chi connectivity index (χ0) is 15.4. The van der Waals surface area contributed by atoms with Gasteiger partial charge < -0.3 is 15.2 Å². The van der Waals surface area contributed by atoms with Crippen LogP contribution >= 0.6 is 31.9 Å². The number of hydrogen-bond acceptors (Lipinski definition) is 3. The summed E-state index contributed by atoms with van der Waals surface area (Å²) in [4.78, 5) is 0. The SMILES string of the molecule is CCC(Nc1ccc(OC)c(Br)c1)c1cc(Br)ccc1O. The minimum Gasteiger partial charge on any atom is -0.508 e. The summed E-state index contributed by atoms with van der Waals surface area (Å²) in [6.07, 6.45) is 0.855. The summed E-state index contributed by atoms with van der Waals surface area (Å²) < 4.78 is 7.07. The molecule has 0 aliphatic heterocycles. The van der Waals surface area contributed by atoms with Crippen LogP contribution in [0.4, 0.5) is 5.69 Å². The van der Waals surface area contributed by atoms with Crippen LogP contribution in [0, 0.1) is 0 Å². The molecular weight excluding hydrogens is 398 g/mol. The van der Waals surface area contributed by atoms with E-state index in [1.54, 1.807) is 13.2 Å². The molecule has 0 aliphatic carbocycles. The van der Waals surface area contributed by atoms with E-state index in [0.29, 0.717) is 5.75 Å². The van der Waals surface area contributed by atoms with Crippen molar-refractivity contribution in [2.45, 2.75) is 19.4 Å². The van der Waals surface area contributed by atoms with Gasteiger partial charge in [-0.05, 0) is 58.7 Å². The van der Waals surface area contributed by atoms with Crippen LogP contribution < -0.4 is 10.1 Å². The first-order valence-electron chi connectivity index (χ1n) is 6.63. The standard InChI is InChI=1S/C16H17Br2NO2/c1-3-14(12-8-10(17)4-6-15(12)20)19-11-5-7-16(21-2)13(18)9-11/h4-9,14,19-20H,3H2,1-2H3. The summed E-state index contributed by atoms with van der Waals surface area (Å²) in [6, 6.07) is 11.3. The van der Waals surface area contributed by atoms with Crippen LogP contribution in [0.25, 0.3) is 0 Å². The Morgan fingerprint density at radius 2 is 1.95 bits per heavy atom. The van der Waals surface area contributed by atoms with Gasteiger partial charge in [0.2, 0.25) is 0 Å². The highest BCUT2D eigenvalue weighted by Crippen LogP contribution is 2.34. The largest absolute Gasteiger partial charge is 0.508 e. The van der Waals surface area contributed by atoms with Crippen LogP contribution in [0.15, 0.2) is 45.3 Å². The van der Waals surface area contributed by atoms with Gasteiger partial charge >= 0.3 is 0 Å². The van der Waals surface area contributed by atoms with Crippen LogP contribution in [-0.4, -0.2) is 12.2 Å². The van der Waals surface area contributed by atoms with E-state index in [1.165, 1.54) is 0 Å². The summed E-state index contributed by atoms with van der Waals surface area (Å²) >= 11 is 6.93. The summed E-state index contributed by atoms with van der Waals surface area (Å²) in [5.74, 6) is 1.09. The Morgan fingerprint density at radius 3 is 2.57 bits per heavy atom. The predicted octanol–water partition coefficient (Wildman–Crippen LogP) is 5.49. The second-order valence-corrected chi connectivity index (χ2v) is 6.43. The van der Waals surface area contributed by atoms with E-state index in [0.717, 1.165) is 32.4 Å². The molecule has 112 valence electrons.